The smallest absolute Gasteiger partial charge is 0.345 e. The second-order valence-corrected chi connectivity index (χ2v) is 4.77. The molecule has 0 heterocycles. The number of carbonyl (C=O) groups is 2. The lowest BCUT2D eigenvalue weighted by Crippen LogP contribution is -2.21. The van der Waals surface area contributed by atoms with Crippen LogP contribution < -0.4 is 5.32 Å². The number of hydrogen-bond acceptors (Lipinski definition) is 5. The van der Waals surface area contributed by atoms with Crippen LogP contribution in [0.4, 0.5) is 11.4 Å². The molecule has 0 aromatic heterocycles. The Morgan fingerprint density at radius 1 is 1.17 bits per heavy atom. The first-order valence-electron chi connectivity index (χ1n) is 6.74. The Hall–Kier alpha value is -3.22. The van der Waals surface area contributed by atoms with Gasteiger partial charge in [0.05, 0.1) is 4.92 Å². The molecular weight excluding hydrogens is 300 g/mol. The van der Waals surface area contributed by atoms with Crippen LogP contribution in [0.25, 0.3) is 0 Å². The Morgan fingerprint density at radius 2 is 1.91 bits per heavy atom. The zero-order valence-corrected chi connectivity index (χ0v) is 12.3. The van der Waals surface area contributed by atoms with Gasteiger partial charge in [-0.05, 0) is 30.7 Å². The zero-order valence-electron chi connectivity index (χ0n) is 12.3. The first-order chi connectivity index (χ1) is 11.0. The molecule has 2 aromatic carbocycles. The van der Waals surface area contributed by atoms with Crippen LogP contribution in [0.3, 0.4) is 0 Å². The van der Waals surface area contributed by atoms with Crippen LogP contribution in [0.2, 0.25) is 0 Å². The summed E-state index contributed by atoms with van der Waals surface area (Å²) in [7, 11) is 0. The molecule has 0 fully saturated rings. The molecule has 0 aliphatic rings. The van der Waals surface area contributed by atoms with Crippen molar-refractivity contribution in [2.24, 2.45) is 0 Å². The maximum atomic E-state index is 11.9. The van der Waals surface area contributed by atoms with Crippen molar-refractivity contribution in [1.29, 1.82) is 0 Å². The number of nitro groups is 1. The number of nitro benzene ring substituents is 1. The molecule has 0 spiro atoms. The van der Waals surface area contributed by atoms with Gasteiger partial charge in [0.15, 0.2) is 6.61 Å². The molecule has 118 valence electrons. The average Bonchev–Trinajstić information content (AvgIpc) is 2.52. The topological polar surface area (TPSA) is 98.5 Å². The molecule has 23 heavy (non-hydrogen) atoms. The van der Waals surface area contributed by atoms with Gasteiger partial charge in [0, 0.05) is 11.8 Å². The molecule has 0 saturated carbocycles. The first-order valence-corrected chi connectivity index (χ1v) is 6.74. The molecule has 1 N–H and O–H groups in total. The van der Waals surface area contributed by atoms with E-state index < -0.39 is 23.4 Å². The van der Waals surface area contributed by atoms with Gasteiger partial charge in [-0.1, -0.05) is 24.3 Å². The summed E-state index contributed by atoms with van der Waals surface area (Å²) < 4.78 is 4.83. The molecule has 0 unspecified atom stereocenters. The minimum atomic E-state index is -0.920. The SMILES string of the molecule is Cc1cccc(NC(=O)COC(=O)c2ccccc2[N+](=O)[O-])c1. The highest BCUT2D eigenvalue weighted by Gasteiger charge is 2.21. The normalized spacial score (nSPS) is 9.96. The van der Waals surface area contributed by atoms with Crippen LogP contribution in [0.15, 0.2) is 48.5 Å². The number of anilines is 1. The standard InChI is InChI=1S/C16H14N2O5/c1-11-5-4-6-12(9-11)17-15(19)10-23-16(20)13-7-2-3-8-14(13)18(21)22/h2-9H,10H2,1H3,(H,17,19). The van der Waals surface area contributed by atoms with Crippen molar-refractivity contribution in [3.8, 4) is 0 Å². The minimum absolute atomic E-state index is 0.194. The Morgan fingerprint density at radius 3 is 2.61 bits per heavy atom. The van der Waals surface area contributed by atoms with Crippen molar-refractivity contribution >= 4 is 23.3 Å². The Kier molecular flexibility index (Phi) is 5.03. The molecule has 7 heteroatoms. The number of para-hydroxylation sites is 1. The number of esters is 1. The lowest BCUT2D eigenvalue weighted by molar-refractivity contribution is -0.385. The van der Waals surface area contributed by atoms with Crippen LogP contribution in [-0.2, 0) is 9.53 Å². The summed E-state index contributed by atoms with van der Waals surface area (Å²) in [5.74, 6) is -1.45. The fourth-order valence-electron chi connectivity index (χ4n) is 1.93. The molecule has 0 radical (unpaired) electrons. The van der Waals surface area contributed by atoms with E-state index >= 15 is 0 Å². The third-order valence-corrected chi connectivity index (χ3v) is 2.96. The third-order valence-electron chi connectivity index (χ3n) is 2.96. The van der Waals surface area contributed by atoms with Crippen molar-refractivity contribution in [3.05, 3.63) is 69.8 Å². The summed E-state index contributed by atoms with van der Waals surface area (Å²) in [5.41, 5.74) is 0.994. The number of hydrogen-bond donors (Lipinski definition) is 1. The van der Waals surface area contributed by atoms with E-state index in [0.29, 0.717) is 5.69 Å². The highest BCUT2D eigenvalue weighted by Crippen LogP contribution is 2.18. The van der Waals surface area contributed by atoms with Crippen molar-refractivity contribution in [2.45, 2.75) is 6.92 Å². The number of aryl methyl sites for hydroxylation is 1. The third kappa shape index (κ3) is 4.37. The van der Waals surface area contributed by atoms with Gasteiger partial charge in [-0.2, -0.15) is 0 Å². The van der Waals surface area contributed by atoms with Gasteiger partial charge in [0.2, 0.25) is 0 Å². The van der Waals surface area contributed by atoms with E-state index in [1.807, 2.05) is 13.0 Å². The fourth-order valence-corrected chi connectivity index (χ4v) is 1.93. The van der Waals surface area contributed by atoms with E-state index in [0.717, 1.165) is 5.56 Å². The number of nitrogens with one attached hydrogen (secondary N) is 1. The Balaban J connectivity index is 1.97. The van der Waals surface area contributed by atoms with Gasteiger partial charge < -0.3 is 10.1 Å². The molecule has 0 bridgehead atoms. The summed E-state index contributed by atoms with van der Waals surface area (Å²) in [6, 6.07) is 12.5. The van der Waals surface area contributed by atoms with E-state index in [9.17, 15) is 19.7 Å². The van der Waals surface area contributed by atoms with Gasteiger partial charge in [-0.15, -0.1) is 0 Å². The van der Waals surface area contributed by atoms with Gasteiger partial charge >= 0.3 is 5.97 Å². The van der Waals surface area contributed by atoms with Crippen LogP contribution in [-0.4, -0.2) is 23.4 Å². The second kappa shape index (κ2) is 7.17. The lowest BCUT2D eigenvalue weighted by atomic mass is 10.2. The zero-order chi connectivity index (χ0) is 16.8. The molecule has 1 amide bonds. The quantitative estimate of drug-likeness (QED) is 0.519. The van der Waals surface area contributed by atoms with Gasteiger partial charge in [-0.3, -0.25) is 14.9 Å². The monoisotopic (exact) mass is 314 g/mol. The van der Waals surface area contributed by atoms with Crippen molar-refractivity contribution in [2.75, 3.05) is 11.9 Å². The number of amides is 1. The fraction of sp³-hybridized carbons (Fsp3) is 0.125. The molecule has 0 saturated heterocycles. The maximum absolute atomic E-state index is 11.9. The van der Waals surface area contributed by atoms with Crippen LogP contribution in [0, 0.1) is 17.0 Å². The Bertz CT molecular complexity index is 758. The maximum Gasteiger partial charge on any atom is 0.345 e. The molecule has 0 aliphatic heterocycles. The van der Waals surface area contributed by atoms with Crippen LogP contribution in [0.1, 0.15) is 15.9 Å². The average molecular weight is 314 g/mol. The summed E-state index contributed by atoms with van der Waals surface area (Å²) in [4.78, 5) is 33.8. The molecule has 0 atom stereocenters. The lowest BCUT2D eigenvalue weighted by Gasteiger charge is -2.07. The number of benzene rings is 2. The van der Waals surface area contributed by atoms with Crippen molar-refractivity contribution in [1.82, 2.24) is 0 Å². The predicted octanol–water partition coefficient (Wildman–Crippen LogP) is 2.70. The largest absolute Gasteiger partial charge is 0.452 e. The van der Waals surface area contributed by atoms with Crippen LogP contribution >= 0.6 is 0 Å². The summed E-state index contributed by atoms with van der Waals surface area (Å²) in [6.07, 6.45) is 0. The summed E-state index contributed by atoms with van der Waals surface area (Å²) in [6.45, 7) is 1.35. The highest BCUT2D eigenvalue weighted by atomic mass is 16.6. The van der Waals surface area contributed by atoms with E-state index in [1.165, 1.54) is 24.3 Å². The summed E-state index contributed by atoms with van der Waals surface area (Å²) >= 11 is 0. The molecule has 2 aromatic rings. The molecule has 7 nitrogen and oxygen atoms in total. The number of carbonyl (C=O) groups excluding carboxylic acids is 2. The number of rotatable bonds is 5. The van der Waals surface area contributed by atoms with E-state index in [2.05, 4.69) is 5.32 Å². The van der Waals surface area contributed by atoms with Gasteiger partial charge in [0.1, 0.15) is 5.56 Å². The Labute approximate surface area is 132 Å². The summed E-state index contributed by atoms with van der Waals surface area (Å²) in [5, 5.41) is 13.4. The van der Waals surface area contributed by atoms with E-state index in [-0.39, 0.29) is 11.3 Å². The second-order valence-electron chi connectivity index (χ2n) is 4.77. The number of ether oxygens (including phenoxy) is 1. The van der Waals surface area contributed by atoms with Crippen molar-refractivity contribution in [3.63, 3.8) is 0 Å². The molecule has 2 rings (SSSR count). The van der Waals surface area contributed by atoms with E-state index in [1.54, 1.807) is 18.2 Å². The predicted molar refractivity (Wildman–Crippen MR) is 83.2 cm³/mol. The van der Waals surface area contributed by atoms with Gasteiger partial charge in [0.25, 0.3) is 11.6 Å². The van der Waals surface area contributed by atoms with E-state index in [4.69, 9.17) is 4.74 Å². The molecule has 0 aliphatic carbocycles. The van der Waals surface area contributed by atoms with Crippen molar-refractivity contribution < 1.29 is 19.2 Å². The van der Waals surface area contributed by atoms with Crippen LogP contribution in [0.5, 0.6) is 0 Å². The number of nitrogens with zero attached hydrogens (tertiary/aromatic N) is 1. The van der Waals surface area contributed by atoms with Gasteiger partial charge in [-0.25, -0.2) is 4.79 Å². The first kappa shape index (κ1) is 16.2. The minimum Gasteiger partial charge on any atom is -0.452 e. The highest BCUT2D eigenvalue weighted by molar-refractivity contribution is 5.97. The molecular formula is C16H14N2O5.